The Kier molecular flexibility index (Phi) is 3.94. The van der Waals surface area contributed by atoms with Gasteiger partial charge in [-0.2, -0.15) is 0 Å². The molecule has 0 saturated heterocycles. The summed E-state index contributed by atoms with van der Waals surface area (Å²) in [6, 6.07) is 7.78. The topological polar surface area (TPSA) is 57.0 Å². The van der Waals surface area contributed by atoms with Crippen molar-refractivity contribution in [1.29, 1.82) is 0 Å². The first-order chi connectivity index (χ1) is 9.13. The molecule has 0 saturated carbocycles. The fraction of sp³-hybridized carbons (Fsp3) is 0.357. The zero-order valence-electron chi connectivity index (χ0n) is 11.3. The van der Waals surface area contributed by atoms with Crippen LogP contribution in [0.1, 0.15) is 29.8 Å². The number of carbonyl (C=O) groups excluding carboxylic acids is 1. The molecule has 0 aliphatic carbocycles. The fourth-order valence-corrected chi connectivity index (χ4v) is 1.93. The van der Waals surface area contributed by atoms with Crippen LogP contribution in [0.2, 0.25) is 0 Å². The maximum atomic E-state index is 12.2. The van der Waals surface area contributed by atoms with E-state index in [1.807, 2.05) is 38.2 Å². The van der Waals surface area contributed by atoms with Crippen LogP contribution < -0.4 is 0 Å². The SMILES string of the molecule is CCOC(=O)C(c1ccc(C)cc1)c1nncn1C. The Morgan fingerprint density at radius 1 is 1.37 bits per heavy atom. The van der Waals surface area contributed by atoms with Crippen molar-refractivity contribution in [3.05, 3.63) is 47.5 Å². The van der Waals surface area contributed by atoms with Crippen molar-refractivity contribution in [3.8, 4) is 0 Å². The summed E-state index contributed by atoms with van der Waals surface area (Å²) in [4.78, 5) is 12.2. The van der Waals surface area contributed by atoms with E-state index >= 15 is 0 Å². The number of rotatable bonds is 4. The minimum absolute atomic E-state index is 0.303. The van der Waals surface area contributed by atoms with Crippen LogP contribution in [0.15, 0.2) is 30.6 Å². The number of ether oxygens (including phenoxy) is 1. The summed E-state index contributed by atoms with van der Waals surface area (Å²) < 4.78 is 6.88. The number of hydrogen-bond acceptors (Lipinski definition) is 4. The van der Waals surface area contributed by atoms with Gasteiger partial charge in [0.05, 0.1) is 6.61 Å². The van der Waals surface area contributed by atoms with Crippen LogP contribution in [0.3, 0.4) is 0 Å². The van der Waals surface area contributed by atoms with E-state index < -0.39 is 5.92 Å². The number of benzene rings is 1. The third kappa shape index (κ3) is 2.81. The van der Waals surface area contributed by atoms with Gasteiger partial charge in [0.1, 0.15) is 12.2 Å². The predicted molar refractivity (Wildman–Crippen MR) is 70.7 cm³/mol. The Hall–Kier alpha value is -2.17. The van der Waals surface area contributed by atoms with Crippen LogP contribution in [0, 0.1) is 6.92 Å². The molecule has 5 heteroatoms. The van der Waals surface area contributed by atoms with Crippen molar-refractivity contribution in [3.63, 3.8) is 0 Å². The summed E-state index contributed by atoms with van der Waals surface area (Å²) in [6.07, 6.45) is 1.58. The smallest absolute Gasteiger partial charge is 0.321 e. The molecule has 0 fully saturated rings. The van der Waals surface area contributed by atoms with Crippen LogP contribution in [-0.4, -0.2) is 27.3 Å². The highest BCUT2D eigenvalue weighted by molar-refractivity contribution is 5.81. The molecule has 100 valence electrons. The predicted octanol–water partition coefficient (Wildman–Crippen LogP) is 1.82. The summed E-state index contributed by atoms with van der Waals surface area (Å²) in [5, 5.41) is 7.86. The van der Waals surface area contributed by atoms with Crippen molar-refractivity contribution in [2.45, 2.75) is 19.8 Å². The van der Waals surface area contributed by atoms with E-state index in [1.54, 1.807) is 17.8 Å². The highest BCUT2D eigenvalue weighted by Crippen LogP contribution is 2.24. The van der Waals surface area contributed by atoms with Gasteiger partial charge in [-0.15, -0.1) is 10.2 Å². The average Bonchev–Trinajstić information content (AvgIpc) is 2.79. The number of nitrogens with zero attached hydrogens (tertiary/aromatic N) is 3. The largest absolute Gasteiger partial charge is 0.465 e. The molecule has 5 nitrogen and oxygen atoms in total. The lowest BCUT2D eigenvalue weighted by molar-refractivity contribution is -0.144. The minimum atomic E-state index is -0.534. The van der Waals surface area contributed by atoms with Gasteiger partial charge in [0.25, 0.3) is 0 Å². The molecule has 0 bridgehead atoms. The van der Waals surface area contributed by atoms with Gasteiger partial charge in [-0.05, 0) is 19.4 Å². The normalized spacial score (nSPS) is 12.2. The second kappa shape index (κ2) is 5.65. The van der Waals surface area contributed by atoms with Crippen LogP contribution in [0.5, 0.6) is 0 Å². The molecule has 0 radical (unpaired) electrons. The standard InChI is InChI=1S/C14H17N3O2/c1-4-19-14(18)12(13-16-15-9-17(13)3)11-7-5-10(2)6-8-11/h5-9,12H,4H2,1-3H3. The first kappa shape index (κ1) is 13.3. The minimum Gasteiger partial charge on any atom is -0.465 e. The van der Waals surface area contributed by atoms with E-state index in [0.29, 0.717) is 12.4 Å². The summed E-state index contributed by atoms with van der Waals surface area (Å²) in [5.41, 5.74) is 2.00. The lowest BCUT2D eigenvalue weighted by Gasteiger charge is -2.15. The monoisotopic (exact) mass is 259 g/mol. The van der Waals surface area contributed by atoms with Crippen LogP contribution in [0.25, 0.3) is 0 Å². The zero-order chi connectivity index (χ0) is 13.8. The van der Waals surface area contributed by atoms with E-state index in [9.17, 15) is 4.79 Å². The lowest BCUT2D eigenvalue weighted by Crippen LogP contribution is -2.20. The molecule has 1 aromatic heterocycles. The molecule has 1 unspecified atom stereocenters. The molecule has 0 aliphatic rings. The first-order valence-corrected chi connectivity index (χ1v) is 6.20. The summed E-state index contributed by atoms with van der Waals surface area (Å²) >= 11 is 0. The van der Waals surface area contributed by atoms with E-state index in [1.165, 1.54) is 0 Å². The molecule has 1 atom stereocenters. The molecule has 0 amide bonds. The average molecular weight is 259 g/mol. The maximum absolute atomic E-state index is 12.2. The summed E-state index contributed by atoms with van der Waals surface area (Å²) in [6.45, 7) is 4.14. The fourth-order valence-electron chi connectivity index (χ4n) is 1.93. The Labute approximate surface area is 112 Å². The van der Waals surface area contributed by atoms with Crippen molar-refractivity contribution in [2.24, 2.45) is 7.05 Å². The van der Waals surface area contributed by atoms with Gasteiger partial charge in [0.15, 0.2) is 5.82 Å². The number of esters is 1. The second-order valence-corrected chi connectivity index (χ2v) is 4.40. The van der Waals surface area contributed by atoms with E-state index in [-0.39, 0.29) is 5.97 Å². The van der Waals surface area contributed by atoms with Crippen molar-refractivity contribution in [2.75, 3.05) is 6.61 Å². The zero-order valence-corrected chi connectivity index (χ0v) is 11.3. The van der Waals surface area contributed by atoms with Crippen LogP contribution in [0.4, 0.5) is 0 Å². The van der Waals surface area contributed by atoms with Crippen molar-refractivity contribution >= 4 is 5.97 Å². The van der Waals surface area contributed by atoms with E-state index in [2.05, 4.69) is 10.2 Å². The summed E-state index contributed by atoms with van der Waals surface area (Å²) in [7, 11) is 1.82. The van der Waals surface area contributed by atoms with Crippen LogP contribution >= 0.6 is 0 Å². The Morgan fingerprint density at radius 2 is 2.05 bits per heavy atom. The second-order valence-electron chi connectivity index (χ2n) is 4.40. The highest BCUT2D eigenvalue weighted by Gasteiger charge is 2.28. The molecular weight excluding hydrogens is 242 g/mol. The van der Waals surface area contributed by atoms with E-state index in [4.69, 9.17) is 4.74 Å². The van der Waals surface area contributed by atoms with Gasteiger partial charge in [0, 0.05) is 7.05 Å². The lowest BCUT2D eigenvalue weighted by atomic mass is 9.97. The molecule has 0 aliphatic heterocycles. The third-order valence-corrected chi connectivity index (χ3v) is 2.94. The van der Waals surface area contributed by atoms with Crippen molar-refractivity contribution in [1.82, 2.24) is 14.8 Å². The Bertz CT molecular complexity index is 560. The van der Waals surface area contributed by atoms with E-state index in [0.717, 1.165) is 11.1 Å². The van der Waals surface area contributed by atoms with Gasteiger partial charge in [-0.25, -0.2) is 0 Å². The van der Waals surface area contributed by atoms with Gasteiger partial charge < -0.3 is 9.30 Å². The number of aromatic nitrogens is 3. The molecular formula is C14H17N3O2. The molecule has 19 heavy (non-hydrogen) atoms. The summed E-state index contributed by atoms with van der Waals surface area (Å²) in [5.74, 6) is -0.252. The number of hydrogen-bond donors (Lipinski definition) is 0. The number of aryl methyl sites for hydroxylation is 2. The van der Waals surface area contributed by atoms with Crippen molar-refractivity contribution < 1.29 is 9.53 Å². The van der Waals surface area contributed by atoms with Gasteiger partial charge >= 0.3 is 5.97 Å². The van der Waals surface area contributed by atoms with Crippen LogP contribution in [-0.2, 0) is 16.6 Å². The highest BCUT2D eigenvalue weighted by atomic mass is 16.5. The molecule has 0 N–H and O–H groups in total. The molecule has 2 rings (SSSR count). The Morgan fingerprint density at radius 3 is 2.58 bits per heavy atom. The Balaban J connectivity index is 2.43. The van der Waals surface area contributed by atoms with Gasteiger partial charge in [-0.3, -0.25) is 4.79 Å². The van der Waals surface area contributed by atoms with Gasteiger partial charge in [0.2, 0.25) is 0 Å². The molecule has 1 aromatic carbocycles. The quantitative estimate of drug-likeness (QED) is 0.786. The first-order valence-electron chi connectivity index (χ1n) is 6.20. The van der Waals surface area contributed by atoms with Gasteiger partial charge in [-0.1, -0.05) is 29.8 Å². The maximum Gasteiger partial charge on any atom is 0.321 e. The molecule has 2 aromatic rings. The molecule has 1 heterocycles. The third-order valence-electron chi connectivity index (χ3n) is 2.94. The number of carbonyl (C=O) groups is 1. The molecule has 0 spiro atoms.